The molecule has 1 N–H and O–H groups in total. The third kappa shape index (κ3) is 3.32. The largest absolute Gasteiger partial charge is 0.508 e. The third-order valence-electron chi connectivity index (χ3n) is 3.86. The fourth-order valence-corrected chi connectivity index (χ4v) is 2.81. The molecule has 0 heterocycles. The molecule has 1 aromatic rings. The van der Waals surface area contributed by atoms with Gasteiger partial charge in [-0.25, -0.2) is 0 Å². The van der Waals surface area contributed by atoms with Crippen LogP contribution in [0.15, 0.2) is 12.1 Å². The number of rotatable bonds is 2. The molecule has 0 aromatic heterocycles. The molecule has 0 radical (unpaired) electrons. The maximum absolute atomic E-state index is 10.4. The first-order valence-electron chi connectivity index (χ1n) is 7.37. The summed E-state index contributed by atoms with van der Waals surface area (Å²) < 4.78 is 0. The van der Waals surface area contributed by atoms with Gasteiger partial charge in [-0.1, -0.05) is 61.5 Å². The average molecular weight is 262 g/mol. The second-order valence-corrected chi connectivity index (χ2v) is 7.73. The van der Waals surface area contributed by atoms with E-state index in [0.717, 1.165) is 12.0 Å². The van der Waals surface area contributed by atoms with Gasteiger partial charge in [-0.3, -0.25) is 0 Å². The van der Waals surface area contributed by atoms with Crippen molar-refractivity contribution < 1.29 is 5.11 Å². The molecule has 0 saturated heterocycles. The maximum atomic E-state index is 10.4. The highest BCUT2D eigenvalue weighted by molar-refractivity contribution is 5.52. The summed E-state index contributed by atoms with van der Waals surface area (Å²) >= 11 is 0. The van der Waals surface area contributed by atoms with Crippen molar-refractivity contribution in [3.8, 4) is 5.75 Å². The molecule has 0 amide bonds. The molecule has 0 spiro atoms. The van der Waals surface area contributed by atoms with E-state index >= 15 is 0 Å². The summed E-state index contributed by atoms with van der Waals surface area (Å²) in [6.07, 6.45) is 1.12. The van der Waals surface area contributed by atoms with E-state index in [-0.39, 0.29) is 10.8 Å². The van der Waals surface area contributed by atoms with Gasteiger partial charge in [-0.15, -0.1) is 0 Å². The predicted molar refractivity (Wildman–Crippen MR) is 84.2 cm³/mol. The van der Waals surface area contributed by atoms with Gasteiger partial charge in [0, 0.05) is 5.56 Å². The Kier molecular flexibility index (Phi) is 4.39. The van der Waals surface area contributed by atoms with Gasteiger partial charge in [0.15, 0.2) is 0 Å². The highest BCUT2D eigenvalue weighted by Crippen LogP contribution is 2.43. The summed E-state index contributed by atoms with van der Waals surface area (Å²) in [4.78, 5) is 0. The van der Waals surface area contributed by atoms with Crippen molar-refractivity contribution in [1.29, 1.82) is 0 Å². The summed E-state index contributed by atoms with van der Waals surface area (Å²) in [5.74, 6) is 0.959. The van der Waals surface area contributed by atoms with Crippen LogP contribution in [0.1, 0.15) is 84.4 Å². The number of hydrogen-bond acceptors (Lipinski definition) is 1. The van der Waals surface area contributed by atoms with E-state index < -0.39 is 0 Å². The smallest absolute Gasteiger partial charge is 0.119 e. The summed E-state index contributed by atoms with van der Waals surface area (Å²) in [7, 11) is 0. The summed E-state index contributed by atoms with van der Waals surface area (Å²) in [5, 5.41) is 10.4. The molecular formula is C18H30O. The Labute approximate surface area is 119 Å². The number of aromatic hydroxyl groups is 1. The van der Waals surface area contributed by atoms with Gasteiger partial charge in [0.05, 0.1) is 0 Å². The maximum Gasteiger partial charge on any atom is 0.119 e. The van der Waals surface area contributed by atoms with E-state index in [0.29, 0.717) is 11.7 Å². The van der Waals surface area contributed by atoms with Crippen LogP contribution >= 0.6 is 0 Å². The lowest BCUT2D eigenvalue weighted by atomic mass is 9.71. The van der Waals surface area contributed by atoms with Gasteiger partial charge in [0.2, 0.25) is 0 Å². The van der Waals surface area contributed by atoms with Crippen LogP contribution in [0.2, 0.25) is 0 Å². The monoisotopic (exact) mass is 262 g/mol. The Morgan fingerprint density at radius 1 is 0.947 bits per heavy atom. The molecule has 108 valence electrons. The molecule has 1 aromatic carbocycles. The van der Waals surface area contributed by atoms with Crippen LogP contribution < -0.4 is 0 Å². The fourth-order valence-electron chi connectivity index (χ4n) is 2.81. The number of hydrogen-bond donors (Lipinski definition) is 1. The molecule has 0 aliphatic rings. The highest BCUT2D eigenvalue weighted by atomic mass is 16.3. The summed E-state index contributed by atoms with van der Waals surface area (Å²) in [5.41, 5.74) is 3.82. The molecule has 0 saturated carbocycles. The Morgan fingerprint density at radius 3 is 1.79 bits per heavy atom. The van der Waals surface area contributed by atoms with Gasteiger partial charge in [-0.05, 0) is 40.4 Å². The van der Waals surface area contributed by atoms with Crippen LogP contribution in [0.3, 0.4) is 0 Å². The van der Waals surface area contributed by atoms with Gasteiger partial charge >= 0.3 is 0 Å². The molecule has 0 bridgehead atoms. The molecule has 1 rings (SSSR count). The molecule has 1 nitrogen and oxygen atoms in total. The van der Waals surface area contributed by atoms with E-state index in [4.69, 9.17) is 0 Å². The standard InChI is InChI=1S/C18H30O/c1-9-12(2)13-10-11-14(19)16(18(6,7)8)15(13)17(3,4)5/h10-12,19H,9H2,1-8H3. The first kappa shape index (κ1) is 16.1. The minimum atomic E-state index is -0.0455. The summed E-state index contributed by atoms with van der Waals surface area (Å²) in [6, 6.07) is 3.98. The molecule has 0 fully saturated rings. The van der Waals surface area contributed by atoms with E-state index in [9.17, 15) is 5.11 Å². The Hall–Kier alpha value is -0.980. The topological polar surface area (TPSA) is 20.2 Å². The lowest BCUT2D eigenvalue weighted by Gasteiger charge is -2.34. The summed E-state index contributed by atoms with van der Waals surface area (Å²) in [6.45, 7) is 17.7. The zero-order valence-corrected chi connectivity index (χ0v) is 13.9. The van der Waals surface area contributed by atoms with E-state index in [2.05, 4.69) is 61.5 Å². The lowest BCUT2D eigenvalue weighted by Crippen LogP contribution is -2.24. The van der Waals surface area contributed by atoms with Crippen LogP contribution in [0, 0.1) is 0 Å². The predicted octanol–water partition coefficient (Wildman–Crippen LogP) is 5.50. The molecule has 1 heteroatoms. The van der Waals surface area contributed by atoms with Crippen LogP contribution in [0.4, 0.5) is 0 Å². The minimum Gasteiger partial charge on any atom is -0.508 e. The fraction of sp³-hybridized carbons (Fsp3) is 0.667. The van der Waals surface area contributed by atoms with Crippen molar-refractivity contribution in [2.75, 3.05) is 0 Å². The lowest BCUT2D eigenvalue weighted by molar-refractivity contribution is 0.432. The quantitative estimate of drug-likeness (QED) is 0.746. The molecule has 1 unspecified atom stereocenters. The Bertz CT molecular complexity index is 444. The highest BCUT2D eigenvalue weighted by Gasteiger charge is 2.31. The van der Waals surface area contributed by atoms with Gasteiger partial charge in [0.1, 0.15) is 5.75 Å². The van der Waals surface area contributed by atoms with Crippen molar-refractivity contribution >= 4 is 0 Å². The molecule has 19 heavy (non-hydrogen) atoms. The van der Waals surface area contributed by atoms with Gasteiger partial charge < -0.3 is 5.11 Å². The first-order valence-corrected chi connectivity index (χ1v) is 7.37. The number of benzene rings is 1. The van der Waals surface area contributed by atoms with Gasteiger partial charge in [-0.2, -0.15) is 0 Å². The van der Waals surface area contributed by atoms with Crippen molar-refractivity contribution in [2.24, 2.45) is 0 Å². The Morgan fingerprint density at radius 2 is 1.42 bits per heavy atom. The average Bonchev–Trinajstić information content (AvgIpc) is 2.24. The van der Waals surface area contributed by atoms with E-state index in [1.165, 1.54) is 11.1 Å². The zero-order chi connectivity index (χ0) is 15.0. The molecule has 1 atom stereocenters. The Balaban J connectivity index is 3.71. The number of phenolic OH excluding ortho intramolecular Hbond substituents is 1. The van der Waals surface area contributed by atoms with Crippen molar-refractivity contribution in [1.82, 2.24) is 0 Å². The van der Waals surface area contributed by atoms with E-state index in [1.54, 1.807) is 0 Å². The second kappa shape index (κ2) is 5.19. The first-order chi connectivity index (χ1) is 8.50. The van der Waals surface area contributed by atoms with Crippen molar-refractivity contribution in [3.63, 3.8) is 0 Å². The second-order valence-electron chi connectivity index (χ2n) is 7.73. The third-order valence-corrected chi connectivity index (χ3v) is 3.86. The van der Waals surface area contributed by atoms with Gasteiger partial charge in [0.25, 0.3) is 0 Å². The SMILES string of the molecule is CCC(C)c1ccc(O)c(C(C)(C)C)c1C(C)(C)C. The molecular weight excluding hydrogens is 232 g/mol. The van der Waals surface area contributed by atoms with Crippen LogP contribution in [-0.4, -0.2) is 5.11 Å². The molecule has 0 aliphatic carbocycles. The van der Waals surface area contributed by atoms with Crippen LogP contribution in [0.25, 0.3) is 0 Å². The number of phenols is 1. The molecule has 0 aliphatic heterocycles. The normalized spacial score (nSPS) is 14.5. The van der Waals surface area contributed by atoms with Crippen LogP contribution in [0.5, 0.6) is 5.75 Å². The van der Waals surface area contributed by atoms with E-state index in [1.807, 2.05) is 6.07 Å². The van der Waals surface area contributed by atoms with Crippen molar-refractivity contribution in [3.05, 3.63) is 28.8 Å². The van der Waals surface area contributed by atoms with Crippen LogP contribution in [-0.2, 0) is 10.8 Å². The zero-order valence-electron chi connectivity index (χ0n) is 13.9. The van der Waals surface area contributed by atoms with Crippen molar-refractivity contribution in [2.45, 2.75) is 78.6 Å². The minimum absolute atomic E-state index is 0.0418.